The lowest BCUT2D eigenvalue weighted by molar-refractivity contribution is -0.132. The largest absolute Gasteiger partial charge is 0.493 e. The summed E-state index contributed by atoms with van der Waals surface area (Å²) in [7, 11) is 1.76. The molecule has 34 heavy (non-hydrogen) atoms. The first-order valence-corrected chi connectivity index (χ1v) is 12.2. The van der Waals surface area contributed by atoms with Gasteiger partial charge in [-0.2, -0.15) is 0 Å². The van der Waals surface area contributed by atoms with Gasteiger partial charge in [-0.15, -0.1) is 0 Å². The summed E-state index contributed by atoms with van der Waals surface area (Å²) in [6, 6.07) is 13.4. The molecule has 0 unspecified atom stereocenters. The Morgan fingerprint density at radius 2 is 1.79 bits per heavy atom. The lowest BCUT2D eigenvalue weighted by Crippen LogP contribution is -2.37. The van der Waals surface area contributed by atoms with E-state index in [1.165, 1.54) is 0 Å². The number of carbonyl (C=O) groups excluding carboxylic acids is 1. The molecule has 0 aromatic heterocycles. The van der Waals surface area contributed by atoms with E-state index in [-0.39, 0.29) is 6.03 Å². The Morgan fingerprint density at radius 1 is 1.03 bits per heavy atom. The number of hydrogen-bond acceptors (Lipinski definition) is 3. The molecule has 0 saturated heterocycles. The van der Waals surface area contributed by atoms with Crippen LogP contribution in [0, 0.1) is 0 Å². The summed E-state index contributed by atoms with van der Waals surface area (Å²) in [5, 5.41) is 12.3. The SMILES string of the molecule is CCCCCNC(=O)N(C)c1cccc(-c2ccc(/C=C(\CC)C(=O)O)cc2OCCCC)c1. The third kappa shape index (κ3) is 7.94. The second kappa shape index (κ2) is 14.1. The average molecular weight is 467 g/mol. The topological polar surface area (TPSA) is 78.9 Å². The fourth-order valence-corrected chi connectivity index (χ4v) is 3.52. The molecule has 2 rings (SSSR count). The summed E-state index contributed by atoms with van der Waals surface area (Å²) in [4.78, 5) is 25.6. The van der Waals surface area contributed by atoms with Gasteiger partial charge in [0, 0.05) is 30.4 Å². The number of nitrogens with zero attached hydrogens (tertiary/aromatic N) is 1. The number of unbranched alkanes of at least 4 members (excludes halogenated alkanes) is 3. The minimum Gasteiger partial charge on any atom is -0.493 e. The molecule has 0 atom stereocenters. The van der Waals surface area contributed by atoms with E-state index in [0.717, 1.165) is 54.5 Å². The van der Waals surface area contributed by atoms with Gasteiger partial charge < -0.3 is 15.2 Å². The highest BCUT2D eigenvalue weighted by Gasteiger charge is 2.14. The maximum absolute atomic E-state index is 12.6. The molecule has 2 amide bonds. The molecule has 0 radical (unpaired) electrons. The summed E-state index contributed by atoms with van der Waals surface area (Å²) in [5.41, 5.74) is 3.75. The highest BCUT2D eigenvalue weighted by molar-refractivity contribution is 5.93. The smallest absolute Gasteiger partial charge is 0.331 e. The Balaban J connectivity index is 2.33. The van der Waals surface area contributed by atoms with E-state index in [2.05, 4.69) is 19.2 Å². The summed E-state index contributed by atoms with van der Waals surface area (Å²) >= 11 is 0. The third-order valence-corrected chi connectivity index (χ3v) is 5.66. The van der Waals surface area contributed by atoms with Gasteiger partial charge in [-0.25, -0.2) is 9.59 Å². The first-order valence-electron chi connectivity index (χ1n) is 12.2. The van der Waals surface area contributed by atoms with Crippen molar-refractivity contribution < 1.29 is 19.4 Å². The van der Waals surface area contributed by atoms with Gasteiger partial charge in [0.1, 0.15) is 5.75 Å². The van der Waals surface area contributed by atoms with Gasteiger partial charge >= 0.3 is 12.0 Å². The zero-order chi connectivity index (χ0) is 24.9. The quantitative estimate of drug-likeness (QED) is 0.253. The molecule has 2 aromatic carbocycles. The van der Waals surface area contributed by atoms with Gasteiger partial charge in [0.15, 0.2) is 0 Å². The molecule has 6 heteroatoms. The van der Waals surface area contributed by atoms with Crippen molar-refractivity contribution >= 4 is 23.8 Å². The van der Waals surface area contributed by atoms with Gasteiger partial charge in [0.25, 0.3) is 0 Å². The van der Waals surface area contributed by atoms with Gasteiger partial charge in [-0.3, -0.25) is 4.90 Å². The number of carboxylic acid groups (broad SMARTS) is 1. The van der Waals surface area contributed by atoms with Crippen LogP contribution in [0.25, 0.3) is 17.2 Å². The van der Waals surface area contributed by atoms with E-state index in [4.69, 9.17) is 4.74 Å². The molecule has 0 bridgehead atoms. The Morgan fingerprint density at radius 3 is 2.47 bits per heavy atom. The molecule has 0 aliphatic heterocycles. The number of aliphatic carboxylic acids is 1. The lowest BCUT2D eigenvalue weighted by atomic mass is 10.0. The van der Waals surface area contributed by atoms with E-state index in [1.54, 1.807) is 18.0 Å². The number of ether oxygens (including phenoxy) is 1. The number of anilines is 1. The predicted molar refractivity (Wildman–Crippen MR) is 140 cm³/mol. The molecule has 184 valence electrons. The van der Waals surface area contributed by atoms with Crippen molar-refractivity contribution in [3.05, 3.63) is 53.6 Å². The fraction of sp³-hybridized carbons (Fsp3) is 0.429. The number of rotatable bonds is 13. The first-order chi connectivity index (χ1) is 16.4. The van der Waals surface area contributed by atoms with Gasteiger partial charge in [0.05, 0.1) is 6.61 Å². The first kappa shape index (κ1) is 27.0. The molecular weight excluding hydrogens is 428 g/mol. The number of carboxylic acids is 1. The Kier molecular flexibility index (Phi) is 11.2. The number of carbonyl (C=O) groups is 2. The molecular formula is C28H38N2O4. The molecule has 0 aliphatic rings. The summed E-state index contributed by atoms with van der Waals surface area (Å²) in [6.07, 6.45) is 7.25. The second-order valence-electron chi connectivity index (χ2n) is 8.33. The van der Waals surface area contributed by atoms with Crippen molar-refractivity contribution in [3.63, 3.8) is 0 Å². The van der Waals surface area contributed by atoms with Crippen LogP contribution in [0.3, 0.4) is 0 Å². The van der Waals surface area contributed by atoms with Crippen LogP contribution >= 0.6 is 0 Å². The molecule has 0 saturated carbocycles. The Labute approximate surface area is 203 Å². The van der Waals surface area contributed by atoms with E-state index in [1.807, 2.05) is 49.4 Å². The lowest BCUT2D eigenvalue weighted by Gasteiger charge is -2.20. The maximum atomic E-state index is 12.6. The van der Waals surface area contributed by atoms with Crippen molar-refractivity contribution in [2.75, 3.05) is 25.1 Å². The van der Waals surface area contributed by atoms with Crippen LogP contribution in [0.5, 0.6) is 5.75 Å². The van der Waals surface area contributed by atoms with Crippen LogP contribution in [-0.4, -0.2) is 37.3 Å². The van der Waals surface area contributed by atoms with Crippen molar-refractivity contribution in [2.45, 2.75) is 59.3 Å². The van der Waals surface area contributed by atoms with Crippen molar-refractivity contribution in [2.24, 2.45) is 0 Å². The highest BCUT2D eigenvalue weighted by atomic mass is 16.5. The Bertz CT molecular complexity index is 984. The Hall–Kier alpha value is -3.28. The minimum atomic E-state index is -0.913. The molecule has 0 fully saturated rings. The molecule has 2 N–H and O–H groups in total. The minimum absolute atomic E-state index is 0.131. The van der Waals surface area contributed by atoms with E-state index in [0.29, 0.717) is 30.9 Å². The standard InChI is InChI=1S/C28H38N2O4/c1-5-8-10-16-29-28(33)30(4)24-13-11-12-23(20-24)25-15-14-21(18-22(7-3)27(31)32)19-26(25)34-17-9-6-2/h11-15,18-20H,5-10,16-17H2,1-4H3,(H,29,33)(H,31,32)/b22-18+. The summed E-state index contributed by atoms with van der Waals surface area (Å²) in [6.45, 7) is 7.32. The molecule has 0 heterocycles. The summed E-state index contributed by atoms with van der Waals surface area (Å²) in [5.74, 6) is -0.212. The van der Waals surface area contributed by atoms with Crippen LogP contribution in [0.4, 0.5) is 10.5 Å². The zero-order valence-corrected chi connectivity index (χ0v) is 20.9. The predicted octanol–water partition coefficient (Wildman–Crippen LogP) is 6.75. The van der Waals surface area contributed by atoms with Gasteiger partial charge in [-0.05, 0) is 54.7 Å². The highest BCUT2D eigenvalue weighted by Crippen LogP contribution is 2.34. The number of hydrogen-bond donors (Lipinski definition) is 2. The molecule has 2 aromatic rings. The zero-order valence-electron chi connectivity index (χ0n) is 20.9. The van der Waals surface area contributed by atoms with Gasteiger partial charge in [0.2, 0.25) is 0 Å². The van der Waals surface area contributed by atoms with E-state index < -0.39 is 5.97 Å². The van der Waals surface area contributed by atoms with Crippen LogP contribution in [0.1, 0.15) is 64.9 Å². The van der Waals surface area contributed by atoms with Crippen LogP contribution in [-0.2, 0) is 4.79 Å². The average Bonchev–Trinajstić information content (AvgIpc) is 2.84. The maximum Gasteiger partial charge on any atom is 0.331 e. The van der Waals surface area contributed by atoms with E-state index in [9.17, 15) is 14.7 Å². The fourth-order valence-electron chi connectivity index (χ4n) is 3.52. The second-order valence-corrected chi connectivity index (χ2v) is 8.33. The number of urea groups is 1. The number of benzene rings is 2. The van der Waals surface area contributed by atoms with Crippen molar-refractivity contribution in [1.29, 1.82) is 0 Å². The van der Waals surface area contributed by atoms with Crippen molar-refractivity contribution in [1.82, 2.24) is 5.32 Å². The molecule has 0 spiro atoms. The van der Waals surface area contributed by atoms with Gasteiger partial charge in [-0.1, -0.05) is 64.3 Å². The van der Waals surface area contributed by atoms with Crippen LogP contribution in [0.2, 0.25) is 0 Å². The van der Waals surface area contributed by atoms with Crippen LogP contribution < -0.4 is 15.0 Å². The molecule has 6 nitrogen and oxygen atoms in total. The monoisotopic (exact) mass is 466 g/mol. The van der Waals surface area contributed by atoms with E-state index >= 15 is 0 Å². The number of amides is 2. The third-order valence-electron chi connectivity index (χ3n) is 5.66. The normalized spacial score (nSPS) is 11.2. The summed E-state index contributed by atoms with van der Waals surface area (Å²) < 4.78 is 6.10. The molecule has 0 aliphatic carbocycles. The number of nitrogens with one attached hydrogen (secondary N) is 1. The van der Waals surface area contributed by atoms with Crippen LogP contribution in [0.15, 0.2) is 48.0 Å². The van der Waals surface area contributed by atoms with Crippen molar-refractivity contribution in [3.8, 4) is 16.9 Å².